The van der Waals surface area contributed by atoms with Crippen molar-refractivity contribution in [3.63, 3.8) is 0 Å². The van der Waals surface area contributed by atoms with Crippen LogP contribution in [0, 0.1) is 11.7 Å². The second-order valence-corrected chi connectivity index (χ2v) is 5.91. The van der Waals surface area contributed by atoms with Gasteiger partial charge in [0.15, 0.2) is 0 Å². The Kier molecular flexibility index (Phi) is 6.42. The molecule has 2 atom stereocenters. The van der Waals surface area contributed by atoms with Crippen molar-refractivity contribution in [1.29, 1.82) is 0 Å². The number of benzene rings is 1. The number of methoxy groups -OCH3 is 1. The standard InChI is InChI=1S/C15H21BrFNO2/c1-19-8-6-18-10-11-3-2-7-20-15(11)13-5-4-12(17)9-14(13)16/h4-5,9,11,15,18H,2-3,6-8,10H2,1H3. The lowest BCUT2D eigenvalue weighted by atomic mass is 9.89. The lowest BCUT2D eigenvalue weighted by Crippen LogP contribution is -2.33. The van der Waals surface area contributed by atoms with E-state index in [0.717, 1.165) is 42.6 Å². The van der Waals surface area contributed by atoms with E-state index in [2.05, 4.69) is 21.2 Å². The summed E-state index contributed by atoms with van der Waals surface area (Å²) in [6.07, 6.45) is 2.22. The van der Waals surface area contributed by atoms with E-state index in [-0.39, 0.29) is 11.9 Å². The molecule has 1 aromatic rings. The Balaban J connectivity index is 2.02. The van der Waals surface area contributed by atoms with Crippen LogP contribution in [0.1, 0.15) is 24.5 Å². The van der Waals surface area contributed by atoms with Crippen LogP contribution in [-0.2, 0) is 9.47 Å². The summed E-state index contributed by atoms with van der Waals surface area (Å²) in [7, 11) is 1.70. The molecule has 0 aliphatic carbocycles. The van der Waals surface area contributed by atoms with Gasteiger partial charge in [-0.2, -0.15) is 0 Å². The maximum Gasteiger partial charge on any atom is 0.124 e. The highest BCUT2D eigenvalue weighted by Gasteiger charge is 2.28. The summed E-state index contributed by atoms with van der Waals surface area (Å²) in [6.45, 7) is 3.20. The maximum absolute atomic E-state index is 13.2. The molecule has 1 fully saturated rings. The third-order valence-corrected chi connectivity index (χ3v) is 4.29. The predicted octanol–water partition coefficient (Wildman–Crippen LogP) is 3.29. The molecule has 0 aromatic heterocycles. The molecule has 0 radical (unpaired) electrons. The summed E-state index contributed by atoms with van der Waals surface area (Å²) < 4.78 is 24.9. The normalized spacial score (nSPS) is 22.9. The van der Waals surface area contributed by atoms with Crippen molar-refractivity contribution < 1.29 is 13.9 Å². The van der Waals surface area contributed by atoms with Crippen LogP contribution < -0.4 is 5.32 Å². The Morgan fingerprint density at radius 3 is 3.10 bits per heavy atom. The molecule has 1 aliphatic rings. The first-order valence-electron chi connectivity index (χ1n) is 6.98. The monoisotopic (exact) mass is 345 g/mol. The fourth-order valence-corrected chi connectivity index (χ4v) is 3.17. The molecule has 0 amide bonds. The molecule has 1 saturated heterocycles. The van der Waals surface area contributed by atoms with Crippen molar-refractivity contribution in [2.24, 2.45) is 5.92 Å². The van der Waals surface area contributed by atoms with Crippen molar-refractivity contribution in [3.8, 4) is 0 Å². The molecule has 2 unspecified atom stereocenters. The van der Waals surface area contributed by atoms with E-state index in [1.807, 2.05) is 6.07 Å². The maximum atomic E-state index is 13.2. The first-order chi connectivity index (χ1) is 9.72. The average molecular weight is 346 g/mol. The van der Waals surface area contributed by atoms with E-state index in [4.69, 9.17) is 9.47 Å². The highest BCUT2D eigenvalue weighted by atomic mass is 79.9. The minimum absolute atomic E-state index is 0.0220. The van der Waals surface area contributed by atoms with E-state index in [1.165, 1.54) is 12.1 Å². The number of hydrogen-bond acceptors (Lipinski definition) is 3. The molecule has 1 aromatic carbocycles. The largest absolute Gasteiger partial charge is 0.383 e. The Morgan fingerprint density at radius 2 is 2.35 bits per heavy atom. The van der Waals surface area contributed by atoms with Crippen molar-refractivity contribution >= 4 is 15.9 Å². The summed E-state index contributed by atoms with van der Waals surface area (Å²) in [5, 5.41) is 3.39. The highest BCUT2D eigenvalue weighted by molar-refractivity contribution is 9.10. The highest BCUT2D eigenvalue weighted by Crippen LogP contribution is 2.37. The van der Waals surface area contributed by atoms with Crippen molar-refractivity contribution in [3.05, 3.63) is 34.1 Å². The Morgan fingerprint density at radius 1 is 1.50 bits per heavy atom. The Bertz CT molecular complexity index is 430. The fourth-order valence-electron chi connectivity index (χ4n) is 2.59. The fraction of sp³-hybridized carbons (Fsp3) is 0.600. The molecule has 112 valence electrons. The summed E-state index contributed by atoms with van der Waals surface area (Å²) >= 11 is 3.44. The molecule has 5 heteroatoms. The third-order valence-electron chi connectivity index (χ3n) is 3.60. The zero-order chi connectivity index (χ0) is 14.4. The van der Waals surface area contributed by atoms with Gasteiger partial charge in [0.1, 0.15) is 5.82 Å². The van der Waals surface area contributed by atoms with Gasteiger partial charge in [-0.15, -0.1) is 0 Å². The molecular formula is C15H21BrFNO2. The SMILES string of the molecule is COCCNCC1CCCOC1c1ccc(F)cc1Br. The molecule has 0 saturated carbocycles. The van der Waals surface area contributed by atoms with E-state index in [9.17, 15) is 4.39 Å². The van der Waals surface area contributed by atoms with E-state index >= 15 is 0 Å². The molecule has 0 bridgehead atoms. The van der Waals surface area contributed by atoms with Gasteiger partial charge in [0.2, 0.25) is 0 Å². The number of nitrogens with one attached hydrogen (secondary N) is 1. The summed E-state index contributed by atoms with van der Waals surface area (Å²) in [4.78, 5) is 0. The second kappa shape index (κ2) is 8.08. The topological polar surface area (TPSA) is 30.5 Å². The summed E-state index contributed by atoms with van der Waals surface area (Å²) in [5.74, 6) is 0.175. The lowest BCUT2D eigenvalue weighted by Gasteiger charge is -2.33. The molecule has 3 nitrogen and oxygen atoms in total. The van der Waals surface area contributed by atoms with Crippen LogP contribution in [0.25, 0.3) is 0 Å². The van der Waals surface area contributed by atoms with Crippen molar-refractivity contribution in [1.82, 2.24) is 5.32 Å². The molecule has 1 aliphatic heterocycles. The number of hydrogen-bond donors (Lipinski definition) is 1. The zero-order valence-electron chi connectivity index (χ0n) is 11.7. The Labute approximate surface area is 128 Å². The van der Waals surface area contributed by atoms with Crippen LogP contribution >= 0.6 is 15.9 Å². The van der Waals surface area contributed by atoms with E-state index < -0.39 is 0 Å². The van der Waals surface area contributed by atoms with Crippen LogP contribution in [0.2, 0.25) is 0 Å². The van der Waals surface area contributed by atoms with Gasteiger partial charge in [0.25, 0.3) is 0 Å². The first-order valence-corrected chi connectivity index (χ1v) is 7.78. The molecule has 0 spiro atoms. The smallest absolute Gasteiger partial charge is 0.124 e. The van der Waals surface area contributed by atoms with Crippen molar-refractivity contribution in [2.45, 2.75) is 18.9 Å². The van der Waals surface area contributed by atoms with Gasteiger partial charge < -0.3 is 14.8 Å². The van der Waals surface area contributed by atoms with Gasteiger partial charge in [-0.1, -0.05) is 22.0 Å². The van der Waals surface area contributed by atoms with Crippen LogP contribution in [0.3, 0.4) is 0 Å². The van der Waals surface area contributed by atoms with Crippen LogP contribution in [-0.4, -0.2) is 33.4 Å². The number of rotatable bonds is 6. The third kappa shape index (κ3) is 4.25. The zero-order valence-corrected chi connectivity index (χ0v) is 13.3. The van der Waals surface area contributed by atoms with E-state index in [1.54, 1.807) is 7.11 Å². The molecular weight excluding hydrogens is 325 g/mol. The average Bonchev–Trinajstić information content (AvgIpc) is 2.44. The van der Waals surface area contributed by atoms with Crippen molar-refractivity contribution in [2.75, 3.05) is 33.4 Å². The molecule has 1 N–H and O–H groups in total. The number of halogens is 2. The van der Waals surface area contributed by atoms with Crippen LogP contribution in [0.5, 0.6) is 0 Å². The summed E-state index contributed by atoms with van der Waals surface area (Å²) in [5.41, 5.74) is 1.03. The van der Waals surface area contributed by atoms with Crippen LogP contribution in [0.4, 0.5) is 4.39 Å². The minimum atomic E-state index is -0.230. The predicted molar refractivity (Wildman–Crippen MR) is 80.3 cm³/mol. The van der Waals surface area contributed by atoms with Gasteiger partial charge in [-0.05, 0) is 30.5 Å². The van der Waals surface area contributed by atoms with Gasteiger partial charge in [-0.25, -0.2) is 4.39 Å². The van der Waals surface area contributed by atoms with Gasteiger partial charge in [0.05, 0.1) is 12.7 Å². The summed E-state index contributed by atoms with van der Waals surface area (Å²) in [6, 6.07) is 4.81. The first kappa shape index (κ1) is 15.9. The second-order valence-electron chi connectivity index (χ2n) is 5.06. The Hall–Kier alpha value is -0.490. The number of ether oxygens (including phenoxy) is 2. The molecule has 2 rings (SSSR count). The lowest BCUT2D eigenvalue weighted by molar-refractivity contribution is -0.0284. The van der Waals surface area contributed by atoms with E-state index in [0.29, 0.717) is 12.5 Å². The minimum Gasteiger partial charge on any atom is -0.383 e. The van der Waals surface area contributed by atoms with Gasteiger partial charge >= 0.3 is 0 Å². The van der Waals surface area contributed by atoms with Gasteiger partial charge in [-0.3, -0.25) is 0 Å². The molecule has 20 heavy (non-hydrogen) atoms. The van der Waals surface area contributed by atoms with Crippen LogP contribution in [0.15, 0.2) is 22.7 Å². The molecule has 1 heterocycles. The quantitative estimate of drug-likeness (QED) is 0.802. The van der Waals surface area contributed by atoms with Gasteiger partial charge in [0, 0.05) is 37.2 Å².